The number of hydrogen-bond donors (Lipinski definition) is 0. The minimum atomic E-state index is 0.152. The van der Waals surface area contributed by atoms with Crippen LogP contribution in [0, 0.1) is 13.8 Å². The van der Waals surface area contributed by atoms with Gasteiger partial charge in [0.2, 0.25) is 0 Å². The number of furan rings is 1. The molecule has 0 radical (unpaired) electrons. The Kier molecular flexibility index (Phi) is 6.13. The van der Waals surface area contributed by atoms with E-state index >= 15 is 0 Å². The molecular formula is C18H22O3S. The maximum Gasteiger partial charge on any atom is 0.173 e. The molecule has 0 saturated carbocycles. The predicted octanol–water partition coefficient (Wildman–Crippen LogP) is 4.80. The van der Waals surface area contributed by atoms with Gasteiger partial charge in [-0.3, -0.25) is 4.79 Å². The summed E-state index contributed by atoms with van der Waals surface area (Å²) < 4.78 is 11.0. The highest BCUT2D eigenvalue weighted by Gasteiger charge is 2.13. The van der Waals surface area contributed by atoms with Crippen LogP contribution in [0.15, 0.2) is 34.9 Å². The van der Waals surface area contributed by atoms with Gasteiger partial charge in [-0.1, -0.05) is 6.92 Å². The van der Waals surface area contributed by atoms with Gasteiger partial charge in [-0.2, -0.15) is 0 Å². The standard InChI is InChI=1S/C18H22O3S/c1-4-7-21-18-10-13(2)16(9-14(18)3)17(19)12-22-11-15-6-5-8-20-15/h5-6,8-10H,4,7,11-12H2,1-3H3. The Balaban J connectivity index is 1.98. The van der Waals surface area contributed by atoms with Crippen LogP contribution in [0.1, 0.15) is 40.6 Å². The molecule has 3 nitrogen and oxygen atoms in total. The van der Waals surface area contributed by atoms with E-state index in [-0.39, 0.29) is 5.78 Å². The third-order valence-corrected chi connectivity index (χ3v) is 4.30. The van der Waals surface area contributed by atoms with Crippen molar-refractivity contribution in [2.45, 2.75) is 32.9 Å². The van der Waals surface area contributed by atoms with Gasteiger partial charge in [0.15, 0.2) is 5.78 Å². The lowest BCUT2D eigenvalue weighted by Crippen LogP contribution is -2.07. The van der Waals surface area contributed by atoms with E-state index in [0.29, 0.717) is 18.1 Å². The monoisotopic (exact) mass is 318 g/mol. The molecule has 0 atom stereocenters. The molecule has 1 heterocycles. The predicted molar refractivity (Wildman–Crippen MR) is 90.9 cm³/mol. The molecule has 118 valence electrons. The average Bonchev–Trinajstić information content (AvgIpc) is 3.01. The average molecular weight is 318 g/mol. The lowest BCUT2D eigenvalue weighted by Gasteiger charge is -2.12. The van der Waals surface area contributed by atoms with Crippen LogP contribution in [-0.2, 0) is 5.75 Å². The summed E-state index contributed by atoms with van der Waals surface area (Å²) in [5.74, 6) is 3.09. The largest absolute Gasteiger partial charge is 0.493 e. The van der Waals surface area contributed by atoms with Gasteiger partial charge in [-0.15, -0.1) is 11.8 Å². The molecule has 4 heteroatoms. The van der Waals surface area contributed by atoms with E-state index in [1.165, 1.54) is 0 Å². The first kappa shape index (κ1) is 16.7. The molecule has 0 bridgehead atoms. The van der Waals surface area contributed by atoms with E-state index in [9.17, 15) is 4.79 Å². The maximum atomic E-state index is 12.4. The second-order valence-corrected chi connectivity index (χ2v) is 6.26. The van der Waals surface area contributed by atoms with Crippen molar-refractivity contribution in [1.29, 1.82) is 0 Å². The fraction of sp³-hybridized carbons (Fsp3) is 0.389. The summed E-state index contributed by atoms with van der Waals surface area (Å²) in [6.07, 6.45) is 2.63. The van der Waals surface area contributed by atoms with E-state index in [1.54, 1.807) is 18.0 Å². The summed E-state index contributed by atoms with van der Waals surface area (Å²) in [5, 5.41) is 0. The molecule has 0 fully saturated rings. The van der Waals surface area contributed by atoms with Crippen molar-refractivity contribution in [2.24, 2.45) is 0 Å². The van der Waals surface area contributed by atoms with Gasteiger partial charge in [-0.25, -0.2) is 0 Å². The molecule has 0 aliphatic carbocycles. The Bertz CT molecular complexity index is 618. The van der Waals surface area contributed by atoms with Gasteiger partial charge in [0.05, 0.1) is 24.4 Å². The van der Waals surface area contributed by atoms with E-state index < -0.39 is 0 Å². The molecule has 0 spiro atoms. The minimum Gasteiger partial charge on any atom is -0.493 e. The third-order valence-electron chi connectivity index (χ3n) is 3.34. The number of Topliss-reactive ketones (excluding diaryl/α,β-unsaturated/α-hetero) is 1. The number of aryl methyl sites for hydroxylation is 2. The quantitative estimate of drug-likeness (QED) is 0.655. The van der Waals surface area contributed by atoms with Gasteiger partial charge < -0.3 is 9.15 Å². The van der Waals surface area contributed by atoms with Gasteiger partial charge in [0.1, 0.15) is 11.5 Å². The van der Waals surface area contributed by atoms with Crippen molar-refractivity contribution in [2.75, 3.05) is 12.4 Å². The molecule has 22 heavy (non-hydrogen) atoms. The smallest absolute Gasteiger partial charge is 0.173 e. The fourth-order valence-electron chi connectivity index (χ4n) is 2.17. The van der Waals surface area contributed by atoms with Gasteiger partial charge >= 0.3 is 0 Å². The SMILES string of the molecule is CCCOc1cc(C)c(C(=O)CSCc2ccco2)cc1C. The number of rotatable bonds is 8. The van der Waals surface area contributed by atoms with Crippen molar-refractivity contribution in [3.8, 4) is 5.75 Å². The van der Waals surface area contributed by atoms with Crippen molar-refractivity contribution in [3.05, 3.63) is 53.0 Å². The van der Waals surface area contributed by atoms with Crippen molar-refractivity contribution in [1.82, 2.24) is 0 Å². The maximum absolute atomic E-state index is 12.4. The van der Waals surface area contributed by atoms with E-state index in [0.717, 1.165) is 34.6 Å². The van der Waals surface area contributed by atoms with E-state index in [2.05, 4.69) is 6.92 Å². The molecule has 1 aromatic carbocycles. The second-order valence-electron chi connectivity index (χ2n) is 5.28. The minimum absolute atomic E-state index is 0.152. The lowest BCUT2D eigenvalue weighted by molar-refractivity contribution is 0.102. The Labute approximate surface area is 136 Å². The Morgan fingerprint density at radius 1 is 1.27 bits per heavy atom. The fourth-order valence-corrected chi connectivity index (χ4v) is 2.98. The zero-order chi connectivity index (χ0) is 15.9. The first-order chi connectivity index (χ1) is 10.6. The molecule has 0 unspecified atom stereocenters. The van der Waals surface area contributed by atoms with Crippen LogP contribution in [0.4, 0.5) is 0 Å². The number of ketones is 1. The number of ether oxygens (including phenoxy) is 1. The summed E-state index contributed by atoms with van der Waals surface area (Å²) >= 11 is 1.57. The van der Waals surface area contributed by atoms with Crippen LogP contribution >= 0.6 is 11.8 Å². The molecule has 0 saturated heterocycles. The number of carbonyl (C=O) groups excluding carboxylic acids is 1. The zero-order valence-electron chi connectivity index (χ0n) is 13.3. The summed E-state index contributed by atoms with van der Waals surface area (Å²) in [7, 11) is 0. The van der Waals surface area contributed by atoms with Gasteiger partial charge in [-0.05, 0) is 55.7 Å². The zero-order valence-corrected chi connectivity index (χ0v) is 14.2. The highest BCUT2D eigenvalue weighted by molar-refractivity contribution is 7.99. The number of thioether (sulfide) groups is 1. The van der Waals surface area contributed by atoms with Crippen LogP contribution in [0.2, 0.25) is 0 Å². The summed E-state index contributed by atoms with van der Waals surface area (Å²) in [5.41, 5.74) is 2.77. The molecule has 2 aromatic rings. The van der Waals surface area contributed by atoms with Crippen molar-refractivity contribution < 1.29 is 13.9 Å². The van der Waals surface area contributed by atoms with Crippen LogP contribution in [-0.4, -0.2) is 18.1 Å². The van der Waals surface area contributed by atoms with Crippen LogP contribution < -0.4 is 4.74 Å². The normalized spacial score (nSPS) is 10.7. The van der Waals surface area contributed by atoms with Crippen LogP contribution in [0.5, 0.6) is 5.75 Å². The van der Waals surface area contributed by atoms with Gasteiger partial charge in [0, 0.05) is 5.56 Å². The van der Waals surface area contributed by atoms with Crippen molar-refractivity contribution in [3.63, 3.8) is 0 Å². The lowest BCUT2D eigenvalue weighted by atomic mass is 10.0. The molecule has 2 rings (SSSR count). The highest BCUT2D eigenvalue weighted by Crippen LogP contribution is 2.24. The number of hydrogen-bond acceptors (Lipinski definition) is 4. The van der Waals surface area contributed by atoms with Gasteiger partial charge in [0.25, 0.3) is 0 Å². The summed E-state index contributed by atoms with van der Waals surface area (Å²) in [6, 6.07) is 7.69. The topological polar surface area (TPSA) is 39.4 Å². The highest BCUT2D eigenvalue weighted by atomic mass is 32.2. The first-order valence-corrected chi connectivity index (χ1v) is 8.64. The Hall–Kier alpha value is -1.68. The Morgan fingerprint density at radius 3 is 2.77 bits per heavy atom. The molecule has 0 aliphatic heterocycles. The molecule has 0 N–H and O–H groups in total. The Morgan fingerprint density at radius 2 is 2.09 bits per heavy atom. The van der Waals surface area contributed by atoms with Crippen molar-refractivity contribution >= 4 is 17.5 Å². The third kappa shape index (κ3) is 4.41. The van der Waals surface area contributed by atoms with Crippen LogP contribution in [0.3, 0.4) is 0 Å². The van der Waals surface area contributed by atoms with Crippen LogP contribution in [0.25, 0.3) is 0 Å². The molecule has 0 aliphatic rings. The summed E-state index contributed by atoms with van der Waals surface area (Å²) in [4.78, 5) is 12.4. The van der Waals surface area contributed by atoms with E-state index in [4.69, 9.17) is 9.15 Å². The first-order valence-electron chi connectivity index (χ1n) is 7.49. The molecule has 0 amide bonds. The van der Waals surface area contributed by atoms with E-state index in [1.807, 2.05) is 38.1 Å². The number of benzene rings is 1. The summed E-state index contributed by atoms with van der Waals surface area (Å²) in [6.45, 7) is 6.72. The molecular weight excluding hydrogens is 296 g/mol. The molecule has 1 aromatic heterocycles. The number of carbonyl (C=O) groups is 1. The second kappa shape index (κ2) is 8.08.